The molecule has 0 aliphatic carbocycles. The average Bonchev–Trinajstić information content (AvgIpc) is 3.13. The zero-order valence-corrected chi connectivity index (χ0v) is 14.7. The van der Waals surface area contributed by atoms with Gasteiger partial charge in [0, 0.05) is 23.5 Å². The van der Waals surface area contributed by atoms with Crippen LogP contribution in [0.1, 0.15) is 11.1 Å². The maximum Gasteiger partial charge on any atom is 0.248 e. The van der Waals surface area contributed by atoms with Gasteiger partial charge in [-0.15, -0.1) is 0 Å². The highest BCUT2D eigenvalue weighted by Crippen LogP contribution is 2.26. The minimum absolute atomic E-state index is 0.180. The number of nitrogens with zero attached hydrogens (tertiary/aromatic N) is 2. The van der Waals surface area contributed by atoms with Crippen LogP contribution in [0.2, 0.25) is 0 Å². The van der Waals surface area contributed by atoms with Gasteiger partial charge in [0.05, 0.1) is 0 Å². The van der Waals surface area contributed by atoms with Gasteiger partial charge >= 0.3 is 0 Å². The van der Waals surface area contributed by atoms with Gasteiger partial charge in [-0.1, -0.05) is 30.3 Å². The number of oxazole rings is 1. The third kappa shape index (κ3) is 3.77. The molecule has 132 valence electrons. The Bertz CT molecular complexity index is 1100. The first-order valence-corrected chi connectivity index (χ1v) is 8.56. The zero-order valence-electron chi connectivity index (χ0n) is 14.7. The lowest BCUT2D eigenvalue weighted by Crippen LogP contribution is -2.08. The van der Waals surface area contributed by atoms with Crippen LogP contribution in [0, 0.1) is 6.92 Å². The molecule has 0 radical (unpaired) electrons. The molecule has 0 saturated carbocycles. The topological polar surface area (TPSA) is 68.0 Å². The fourth-order valence-corrected chi connectivity index (χ4v) is 2.74. The molecule has 2 aromatic heterocycles. The van der Waals surface area contributed by atoms with Crippen molar-refractivity contribution in [2.75, 3.05) is 5.32 Å². The molecule has 0 atom stereocenters. The summed E-state index contributed by atoms with van der Waals surface area (Å²) in [6, 6.07) is 19.0. The highest BCUT2D eigenvalue weighted by Gasteiger charge is 2.10. The van der Waals surface area contributed by atoms with Crippen molar-refractivity contribution in [2.24, 2.45) is 0 Å². The molecule has 0 saturated heterocycles. The van der Waals surface area contributed by atoms with E-state index >= 15 is 0 Å². The van der Waals surface area contributed by atoms with Gasteiger partial charge in [-0.3, -0.25) is 4.79 Å². The molecule has 0 aliphatic rings. The third-order valence-electron chi connectivity index (χ3n) is 4.12. The van der Waals surface area contributed by atoms with Crippen LogP contribution in [0.3, 0.4) is 0 Å². The Morgan fingerprint density at radius 2 is 1.93 bits per heavy atom. The second kappa shape index (κ2) is 7.25. The standard InChI is InChI=1S/C22H17N3O2/c1-15-14-17(22-25-21-19(27-22)8-5-13-23-21)10-11-18(15)24-20(26)12-9-16-6-3-2-4-7-16/h2-14H,1H3,(H,24,26). The van der Waals surface area contributed by atoms with Crippen molar-refractivity contribution in [1.82, 2.24) is 9.97 Å². The lowest BCUT2D eigenvalue weighted by atomic mass is 10.1. The van der Waals surface area contributed by atoms with Crippen molar-refractivity contribution >= 4 is 28.9 Å². The number of nitrogens with one attached hydrogen (secondary N) is 1. The lowest BCUT2D eigenvalue weighted by molar-refractivity contribution is -0.111. The van der Waals surface area contributed by atoms with E-state index in [1.54, 1.807) is 12.3 Å². The smallest absolute Gasteiger partial charge is 0.248 e. The van der Waals surface area contributed by atoms with E-state index in [1.807, 2.05) is 67.6 Å². The van der Waals surface area contributed by atoms with Gasteiger partial charge in [0.15, 0.2) is 11.2 Å². The van der Waals surface area contributed by atoms with Crippen LogP contribution in [0.25, 0.3) is 28.8 Å². The van der Waals surface area contributed by atoms with E-state index in [0.717, 1.165) is 22.4 Å². The first kappa shape index (κ1) is 16.7. The summed E-state index contributed by atoms with van der Waals surface area (Å²) < 4.78 is 5.75. The number of carbonyl (C=O) groups excluding carboxylic acids is 1. The number of hydrogen-bond donors (Lipinski definition) is 1. The summed E-state index contributed by atoms with van der Waals surface area (Å²) in [5.41, 5.74) is 4.70. The predicted molar refractivity (Wildman–Crippen MR) is 106 cm³/mol. The van der Waals surface area contributed by atoms with E-state index in [4.69, 9.17) is 4.42 Å². The molecule has 0 aliphatic heterocycles. The van der Waals surface area contributed by atoms with Gasteiger partial charge in [0.1, 0.15) is 0 Å². The Balaban J connectivity index is 1.51. The number of aryl methyl sites for hydroxylation is 1. The van der Waals surface area contributed by atoms with Crippen molar-refractivity contribution in [3.05, 3.63) is 84.1 Å². The van der Waals surface area contributed by atoms with Crippen molar-refractivity contribution < 1.29 is 9.21 Å². The van der Waals surface area contributed by atoms with Crippen LogP contribution in [0.15, 0.2) is 77.4 Å². The second-order valence-corrected chi connectivity index (χ2v) is 6.11. The minimum Gasteiger partial charge on any atom is -0.434 e. The van der Waals surface area contributed by atoms with Crippen LogP contribution < -0.4 is 5.32 Å². The molecule has 0 spiro atoms. The fourth-order valence-electron chi connectivity index (χ4n) is 2.74. The Kier molecular flexibility index (Phi) is 4.49. The van der Waals surface area contributed by atoms with Crippen molar-refractivity contribution in [2.45, 2.75) is 6.92 Å². The normalized spacial score (nSPS) is 11.1. The number of amides is 1. The highest BCUT2D eigenvalue weighted by molar-refractivity contribution is 6.02. The van der Waals surface area contributed by atoms with Gasteiger partial charge < -0.3 is 9.73 Å². The van der Waals surface area contributed by atoms with Gasteiger partial charge in [0.25, 0.3) is 0 Å². The van der Waals surface area contributed by atoms with Crippen LogP contribution in [0.4, 0.5) is 5.69 Å². The molecule has 0 fully saturated rings. The molecule has 27 heavy (non-hydrogen) atoms. The molecule has 1 amide bonds. The van der Waals surface area contributed by atoms with E-state index in [9.17, 15) is 4.79 Å². The summed E-state index contributed by atoms with van der Waals surface area (Å²) in [7, 11) is 0. The number of pyridine rings is 1. The van der Waals surface area contributed by atoms with E-state index in [1.165, 1.54) is 6.08 Å². The molecule has 5 heteroatoms. The predicted octanol–water partition coefficient (Wildman–Crippen LogP) is 4.85. The number of fused-ring (bicyclic) bond motifs is 1. The molecular formula is C22H17N3O2. The van der Waals surface area contributed by atoms with Gasteiger partial charge in [-0.25, -0.2) is 4.98 Å². The summed E-state index contributed by atoms with van der Waals surface area (Å²) in [5.74, 6) is 0.328. The van der Waals surface area contributed by atoms with Crippen LogP contribution in [-0.4, -0.2) is 15.9 Å². The fraction of sp³-hybridized carbons (Fsp3) is 0.0455. The number of aromatic nitrogens is 2. The second-order valence-electron chi connectivity index (χ2n) is 6.11. The number of hydrogen-bond acceptors (Lipinski definition) is 4. The van der Waals surface area contributed by atoms with Gasteiger partial charge in [-0.2, -0.15) is 4.98 Å². The number of carbonyl (C=O) groups is 1. The first-order chi connectivity index (χ1) is 13.2. The van der Waals surface area contributed by atoms with Crippen LogP contribution >= 0.6 is 0 Å². The Morgan fingerprint density at radius 3 is 2.70 bits per heavy atom. The summed E-state index contributed by atoms with van der Waals surface area (Å²) in [6.07, 6.45) is 4.99. The van der Waals surface area contributed by atoms with Gasteiger partial charge in [-0.05, 0) is 54.5 Å². The first-order valence-electron chi connectivity index (χ1n) is 8.56. The van der Waals surface area contributed by atoms with Crippen molar-refractivity contribution in [1.29, 1.82) is 0 Å². The number of rotatable bonds is 4. The Labute approximate surface area is 156 Å². The largest absolute Gasteiger partial charge is 0.434 e. The number of benzene rings is 2. The molecule has 2 heterocycles. The van der Waals surface area contributed by atoms with Crippen LogP contribution in [-0.2, 0) is 4.79 Å². The zero-order chi connectivity index (χ0) is 18.6. The Morgan fingerprint density at radius 1 is 1.07 bits per heavy atom. The maximum absolute atomic E-state index is 12.2. The van der Waals surface area contributed by atoms with E-state index in [2.05, 4.69) is 15.3 Å². The molecule has 1 N–H and O–H groups in total. The van der Waals surface area contributed by atoms with Crippen molar-refractivity contribution in [3.8, 4) is 11.5 Å². The lowest BCUT2D eigenvalue weighted by Gasteiger charge is -2.07. The number of anilines is 1. The molecule has 0 bridgehead atoms. The molecule has 4 rings (SSSR count). The minimum atomic E-state index is -0.180. The van der Waals surface area contributed by atoms with Crippen molar-refractivity contribution in [3.63, 3.8) is 0 Å². The SMILES string of the molecule is Cc1cc(-c2nc3ncccc3o2)ccc1NC(=O)C=Cc1ccccc1. The molecule has 0 unspecified atom stereocenters. The molecule has 5 nitrogen and oxygen atoms in total. The van der Waals surface area contributed by atoms with E-state index < -0.39 is 0 Å². The summed E-state index contributed by atoms with van der Waals surface area (Å²) >= 11 is 0. The summed E-state index contributed by atoms with van der Waals surface area (Å²) in [6.45, 7) is 1.93. The molecular weight excluding hydrogens is 338 g/mol. The van der Waals surface area contributed by atoms with Crippen LogP contribution in [0.5, 0.6) is 0 Å². The average molecular weight is 355 g/mol. The third-order valence-corrected chi connectivity index (χ3v) is 4.12. The molecule has 2 aromatic carbocycles. The van der Waals surface area contributed by atoms with E-state index in [-0.39, 0.29) is 5.91 Å². The Hall–Kier alpha value is -3.73. The summed E-state index contributed by atoms with van der Waals surface area (Å²) in [4.78, 5) is 20.8. The van der Waals surface area contributed by atoms with Gasteiger partial charge in [0.2, 0.25) is 11.8 Å². The maximum atomic E-state index is 12.2. The monoisotopic (exact) mass is 355 g/mol. The summed E-state index contributed by atoms with van der Waals surface area (Å²) in [5, 5.41) is 2.90. The highest BCUT2D eigenvalue weighted by atomic mass is 16.3. The van der Waals surface area contributed by atoms with E-state index in [0.29, 0.717) is 17.1 Å². The molecule has 4 aromatic rings. The quantitative estimate of drug-likeness (QED) is 0.531.